The maximum absolute atomic E-state index is 5.42. The molecule has 0 heterocycles. The van der Waals surface area contributed by atoms with E-state index in [1.807, 2.05) is 30.3 Å². The normalized spacial score (nSPS) is 10.2. The van der Waals surface area contributed by atoms with Crippen LogP contribution in [0.1, 0.15) is 0 Å². The summed E-state index contributed by atoms with van der Waals surface area (Å²) >= 11 is 0. The number of hydrogen-bond acceptors (Lipinski definition) is 4. The number of nitrogens with two attached hydrogens (primary N) is 1. The van der Waals surface area contributed by atoms with Crippen molar-refractivity contribution in [1.82, 2.24) is 0 Å². The van der Waals surface area contributed by atoms with Crippen molar-refractivity contribution in [2.24, 2.45) is 5.73 Å². The Kier molecular flexibility index (Phi) is 6.57. The van der Waals surface area contributed by atoms with Crippen molar-refractivity contribution in [3.05, 3.63) is 30.3 Å². The zero-order chi connectivity index (χ0) is 10.8. The van der Waals surface area contributed by atoms with Crippen LogP contribution in [0.2, 0.25) is 0 Å². The molecule has 0 aromatic heterocycles. The molecule has 4 heteroatoms. The van der Waals surface area contributed by atoms with Crippen molar-refractivity contribution in [1.29, 1.82) is 0 Å². The molecule has 0 amide bonds. The van der Waals surface area contributed by atoms with Gasteiger partial charge in [-0.25, -0.2) is 0 Å². The molecule has 0 radical (unpaired) electrons. The average molecular weight is 211 g/mol. The predicted octanol–water partition coefficient (Wildman–Crippen LogP) is 1.01. The summed E-state index contributed by atoms with van der Waals surface area (Å²) in [6.07, 6.45) is 0. The van der Waals surface area contributed by atoms with Crippen LogP contribution in [-0.4, -0.2) is 33.2 Å². The van der Waals surface area contributed by atoms with Crippen LogP contribution < -0.4 is 10.5 Å². The molecule has 0 spiro atoms. The maximum Gasteiger partial charge on any atom is 0.119 e. The second-order valence-corrected chi connectivity index (χ2v) is 2.85. The molecule has 0 aliphatic rings. The molecule has 1 aromatic rings. The summed E-state index contributed by atoms with van der Waals surface area (Å²) in [7, 11) is 0. The minimum Gasteiger partial charge on any atom is -0.491 e. The fourth-order valence-corrected chi connectivity index (χ4v) is 1.04. The van der Waals surface area contributed by atoms with Crippen LogP contribution in [0.3, 0.4) is 0 Å². The van der Waals surface area contributed by atoms with Gasteiger partial charge in [0.1, 0.15) is 12.4 Å². The zero-order valence-electron chi connectivity index (χ0n) is 8.72. The Morgan fingerprint density at radius 1 is 0.867 bits per heavy atom. The summed E-state index contributed by atoms with van der Waals surface area (Å²) in [4.78, 5) is 0. The number of rotatable bonds is 8. The molecule has 0 fully saturated rings. The highest BCUT2D eigenvalue weighted by molar-refractivity contribution is 5.20. The van der Waals surface area contributed by atoms with Crippen LogP contribution in [0.15, 0.2) is 30.3 Å². The van der Waals surface area contributed by atoms with Gasteiger partial charge in [0, 0.05) is 0 Å². The lowest BCUT2D eigenvalue weighted by atomic mass is 10.3. The molecular weight excluding hydrogens is 194 g/mol. The number of ether oxygens (including phenoxy) is 3. The van der Waals surface area contributed by atoms with Crippen molar-refractivity contribution in [3.63, 3.8) is 0 Å². The van der Waals surface area contributed by atoms with Crippen molar-refractivity contribution >= 4 is 0 Å². The third-order valence-corrected chi connectivity index (χ3v) is 1.73. The highest BCUT2D eigenvalue weighted by Gasteiger charge is 1.92. The van der Waals surface area contributed by atoms with E-state index in [2.05, 4.69) is 0 Å². The lowest BCUT2D eigenvalue weighted by Crippen LogP contribution is -2.13. The van der Waals surface area contributed by atoms with E-state index < -0.39 is 0 Å². The topological polar surface area (TPSA) is 53.7 Å². The van der Waals surface area contributed by atoms with Crippen molar-refractivity contribution in [2.75, 3.05) is 33.2 Å². The third-order valence-electron chi connectivity index (χ3n) is 1.73. The van der Waals surface area contributed by atoms with Gasteiger partial charge in [0.15, 0.2) is 0 Å². The lowest BCUT2D eigenvalue weighted by molar-refractivity contribution is 0.0384. The summed E-state index contributed by atoms with van der Waals surface area (Å²) in [6.45, 7) is 2.43. The Labute approximate surface area is 89.9 Å². The van der Waals surface area contributed by atoms with Gasteiger partial charge in [0.05, 0.1) is 26.6 Å². The molecule has 0 bridgehead atoms. The smallest absolute Gasteiger partial charge is 0.119 e. The Hall–Kier alpha value is -1.10. The van der Waals surface area contributed by atoms with Crippen LogP contribution >= 0.6 is 0 Å². The summed E-state index contributed by atoms with van der Waals surface area (Å²) < 4.78 is 15.6. The van der Waals surface area contributed by atoms with Crippen molar-refractivity contribution < 1.29 is 14.2 Å². The van der Waals surface area contributed by atoms with E-state index in [-0.39, 0.29) is 6.73 Å². The van der Waals surface area contributed by atoms with Crippen molar-refractivity contribution in [2.45, 2.75) is 0 Å². The monoisotopic (exact) mass is 211 g/mol. The van der Waals surface area contributed by atoms with Crippen LogP contribution in [-0.2, 0) is 9.47 Å². The average Bonchev–Trinajstić information content (AvgIpc) is 2.29. The van der Waals surface area contributed by atoms with Gasteiger partial charge in [0.25, 0.3) is 0 Å². The highest BCUT2D eigenvalue weighted by Crippen LogP contribution is 2.07. The summed E-state index contributed by atoms with van der Waals surface area (Å²) in [5.41, 5.74) is 5.14. The Bertz CT molecular complexity index is 241. The first-order valence-corrected chi connectivity index (χ1v) is 4.97. The lowest BCUT2D eigenvalue weighted by Gasteiger charge is -2.06. The Morgan fingerprint density at radius 3 is 2.27 bits per heavy atom. The molecule has 84 valence electrons. The summed E-state index contributed by atoms with van der Waals surface area (Å²) in [5, 5.41) is 0. The largest absolute Gasteiger partial charge is 0.491 e. The van der Waals surface area contributed by atoms with Crippen LogP contribution in [0, 0.1) is 0 Å². The quantitative estimate of drug-likeness (QED) is 0.515. The Balaban J connectivity index is 1.93. The molecule has 15 heavy (non-hydrogen) atoms. The molecule has 1 aromatic carbocycles. The predicted molar refractivity (Wildman–Crippen MR) is 57.8 cm³/mol. The highest BCUT2D eigenvalue weighted by atomic mass is 16.5. The molecule has 0 saturated carbocycles. The van der Waals surface area contributed by atoms with Gasteiger partial charge >= 0.3 is 0 Å². The maximum atomic E-state index is 5.42. The first kappa shape index (κ1) is 12.0. The molecule has 0 aliphatic carbocycles. The van der Waals surface area contributed by atoms with E-state index in [0.717, 1.165) is 5.75 Å². The molecule has 0 unspecified atom stereocenters. The molecule has 4 nitrogen and oxygen atoms in total. The molecular formula is C11H17NO3. The van der Waals surface area contributed by atoms with Crippen LogP contribution in [0.5, 0.6) is 5.75 Å². The summed E-state index contributed by atoms with van der Waals surface area (Å²) in [6, 6.07) is 9.65. The zero-order valence-corrected chi connectivity index (χ0v) is 8.72. The first-order chi connectivity index (χ1) is 7.43. The standard InChI is InChI=1S/C11H17NO3/c12-10-14-7-6-13-8-9-15-11-4-2-1-3-5-11/h1-5H,6-10,12H2. The number of hydrogen-bond donors (Lipinski definition) is 1. The fourth-order valence-electron chi connectivity index (χ4n) is 1.04. The third kappa shape index (κ3) is 6.06. The second kappa shape index (κ2) is 8.23. The van der Waals surface area contributed by atoms with Gasteiger partial charge in [-0.2, -0.15) is 0 Å². The van der Waals surface area contributed by atoms with Gasteiger partial charge in [-0.3, -0.25) is 0 Å². The molecule has 0 saturated heterocycles. The van der Waals surface area contributed by atoms with Gasteiger partial charge in [-0.05, 0) is 12.1 Å². The van der Waals surface area contributed by atoms with E-state index in [0.29, 0.717) is 26.4 Å². The SMILES string of the molecule is NCOCCOCCOc1ccccc1. The minimum atomic E-state index is 0.240. The molecule has 0 aliphatic heterocycles. The van der Waals surface area contributed by atoms with E-state index in [9.17, 15) is 0 Å². The second-order valence-electron chi connectivity index (χ2n) is 2.85. The molecule has 2 N–H and O–H groups in total. The van der Waals surface area contributed by atoms with E-state index in [1.165, 1.54) is 0 Å². The van der Waals surface area contributed by atoms with Crippen LogP contribution in [0.4, 0.5) is 0 Å². The molecule has 0 atom stereocenters. The van der Waals surface area contributed by atoms with Gasteiger partial charge < -0.3 is 19.9 Å². The van der Waals surface area contributed by atoms with Crippen molar-refractivity contribution in [3.8, 4) is 5.75 Å². The first-order valence-electron chi connectivity index (χ1n) is 4.97. The number of benzene rings is 1. The number of para-hydroxylation sites is 1. The van der Waals surface area contributed by atoms with Gasteiger partial charge in [0.2, 0.25) is 0 Å². The minimum absolute atomic E-state index is 0.240. The fraction of sp³-hybridized carbons (Fsp3) is 0.455. The van der Waals surface area contributed by atoms with Gasteiger partial charge in [-0.1, -0.05) is 18.2 Å². The molecule has 1 rings (SSSR count). The Morgan fingerprint density at radius 2 is 1.53 bits per heavy atom. The van der Waals surface area contributed by atoms with Crippen LogP contribution in [0.25, 0.3) is 0 Å². The van der Waals surface area contributed by atoms with Gasteiger partial charge in [-0.15, -0.1) is 0 Å². The van der Waals surface area contributed by atoms with E-state index >= 15 is 0 Å². The van der Waals surface area contributed by atoms with E-state index in [1.54, 1.807) is 0 Å². The summed E-state index contributed by atoms with van der Waals surface area (Å²) in [5.74, 6) is 0.860. The van der Waals surface area contributed by atoms with E-state index in [4.69, 9.17) is 19.9 Å².